The fourth-order valence-electron chi connectivity index (χ4n) is 2.82. The molecule has 0 saturated carbocycles. The SMILES string of the molecule is CN(C)c1ccc(C(=O)Nc2ccc3nc(-c4ccccc4)oc3c2)cc1. The molecule has 134 valence electrons. The summed E-state index contributed by atoms with van der Waals surface area (Å²) in [4.78, 5) is 19.0. The minimum absolute atomic E-state index is 0.164. The van der Waals surface area contributed by atoms with Crippen LogP contribution in [0.4, 0.5) is 11.4 Å². The minimum Gasteiger partial charge on any atom is -0.436 e. The van der Waals surface area contributed by atoms with E-state index in [4.69, 9.17) is 4.42 Å². The quantitative estimate of drug-likeness (QED) is 0.569. The molecule has 0 bridgehead atoms. The normalized spacial score (nSPS) is 10.7. The highest BCUT2D eigenvalue weighted by Crippen LogP contribution is 2.26. The topological polar surface area (TPSA) is 58.4 Å². The van der Waals surface area contributed by atoms with E-state index in [1.807, 2.05) is 85.7 Å². The van der Waals surface area contributed by atoms with Gasteiger partial charge in [0.1, 0.15) is 5.52 Å². The average molecular weight is 357 g/mol. The monoisotopic (exact) mass is 357 g/mol. The number of amides is 1. The van der Waals surface area contributed by atoms with Gasteiger partial charge in [0.25, 0.3) is 5.91 Å². The summed E-state index contributed by atoms with van der Waals surface area (Å²) >= 11 is 0. The molecule has 4 rings (SSSR count). The Hall–Kier alpha value is -3.60. The number of benzene rings is 3. The lowest BCUT2D eigenvalue weighted by atomic mass is 10.2. The lowest BCUT2D eigenvalue weighted by Crippen LogP contribution is -2.13. The summed E-state index contributed by atoms with van der Waals surface area (Å²) in [7, 11) is 3.93. The van der Waals surface area contributed by atoms with Crippen LogP contribution in [0.25, 0.3) is 22.6 Å². The molecule has 0 aliphatic heterocycles. The maximum absolute atomic E-state index is 12.5. The molecule has 1 N–H and O–H groups in total. The second kappa shape index (κ2) is 6.96. The van der Waals surface area contributed by atoms with Crippen molar-refractivity contribution in [2.75, 3.05) is 24.3 Å². The summed E-state index contributed by atoms with van der Waals surface area (Å²) in [6.45, 7) is 0. The van der Waals surface area contributed by atoms with E-state index in [1.54, 1.807) is 6.07 Å². The number of aromatic nitrogens is 1. The van der Waals surface area contributed by atoms with Crippen molar-refractivity contribution in [3.05, 3.63) is 78.4 Å². The van der Waals surface area contributed by atoms with E-state index in [2.05, 4.69) is 10.3 Å². The fraction of sp³-hybridized carbons (Fsp3) is 0.0909. The highest BCUT2D eigenvalue weighted by atomic mass is 16.3. The van der Waals surface area contributed by atoms with Crippen LogP contribution in [0.15, 0.2) is 77.2 Å². The molecular weight excluding hydrogens is 338 g/mol. The third-order valence-electron chi connectivity index (χ3n) is 4.31. The molecule has 5 heteroatoms. The van der Waals surface area contributed by atoms with E-state index in [0.717, 1.165) is 16.8 Å². The van der Waals surface area contributed by atoms with Gasteiger partial charge < -0.3 is 14.6 Å². The minimum atomic E-state index is -0.164. The molecule has 0 spiro atoms. The van der Waals surface area contributed by atoms with E-state index >= 15 is 0 Å². The van der Waals surface area contributed by atoms with E-state index in [9.17, 15) is 4.79 Å². The molecule has 5 nitrogen and oxygen atoms in total. The van der Waals surface area contributed by atoms with Gasteiger partial charge in [-0.15, -0.1) is 0 Å². The second-order valence-electron chi connectivity index (χ2n) is 6.46. The van der Waals surface area contributed by atoms with Gasteiger partial charge in [-0.05, 0) is 48.5 Å². The van der Waals surface area contributed by atoms with Crippen LogP contribution in [0, 0.1) is 0 Å². The predicted octanol–water partition coefficient (Wildman–Crippen LogP) is 4.81. The van der Waals surface area contributed by atoms with Crippen LogP contribution in [0.5, 0.6) is 0 Å². The van der Waals surface area contributed by atoms with Crippen LogP contribution in [-0.2, 0) is 0 Å². The van der Waals surface area contributed by atoms with Crippen LogP contribution in [0.2, 0.25) is 0 Å². The Bertz CT molecular complexity index is 1080. The Morgan fingerprint density at radius 3 is 2.41 bits per heavy atom. The van der Waals surface area contributed by atoms with Gasteiger partial charge in [-0.2, -0.15) is 0 Å². The number of fused-ring (bicyclic) bond motifs is 1. The van der Waals surface area contributed by atoms with Crippen molar-refractivity contribution in [2.24, 2.45) is 0 Å². The predicted molar refractivity (Wildman–Crippen MR) is 108 cm³/mol. The maximum Gasteiger partial charge on any atom is 0.255 e. The van der Waals surface area contributed by atoms with Crippen molar-refractivity contribution in [2.45, 2.75) is 0 Å². The Morgan fingerprint density at radius 1 is 0.963 bits per heavy atom. The number of anilines is 2. The highest BCUT2D eigenvalue weighted by molar-refractivity contribution is 6.05. The van der Waals surface area contributed by atoms with Gasteiger partial charge in [-0.3, -0.25) is 4.79 Å². The number of nitrogens with zero attached hydrogens (tertiary/aromatic N) is 2. The van der Waals surface area contributed by atoms with Crippen LogP contribution in [0.1, 0.15) is 10.4 Å². The first-order chi connectivity index (χ1) is 13.1. The first-order valence-electron chi connectivity index (χ1n) is 8.65. The zero-order valence-corrected chi connectivity index (χ0v) is 15.1. The zero-order chi connectivity index (χ0) is 18.8. The van der Waals surface area contributed by atoms with Crippen LogP contribution in [-0.4, -0.2) is 25.0 Å². The van der Waals surface area contributed by atoms with Gasteiger partial charge in [0.05, 0.1) is 0 Å². The number of hydrogen-bond acceptors (Lipinski definition) is 4. The average Bonchev–Trinajstić information content (AvgIpc) is 3.12. The lowest BCUT2D eigenvalue weighted by Gasteiger charge is -2.12. The Kier molecular flexibility index (Phi) is 4.34. The molecule has 0 aliphatic carbocycles. The second-order valence-corrected chi connectivity index (χ2v) is 6.46. The van der Waals surface area contributed by atoms with Crippen molar-refractivity contribution in [3.63, 3.8) is 0 Å². The largest absolute Gasteiger partial charge is 0.436 e. The van der Waals surface area contributed by atoms with E-state index in [0.29, 0.717) is 22.7 Å². The number of nitrogens with one attached hydrogen (secondary N) is 1. The number of hydrogen-bond donors (Lipinski definition) is 1. The van der Waals surface area contributed by atoms with Crippen LogP contribution < -0.4 is 10.2 Å². The van der Waals surface area contributed by atoms with E-state index < -0.39 is 0 Å². The third-order valence-corrected chi connectivity index (χ3v) is 4.31. The molecule has 27 heavy (non-hydrogen) atoms. The number of carbonyl (C=O) groups excluding carboxylic acids is 1. The van der Waals surface area contributed by atoms with Gasteiger partial charge >= 0.3 is 0 Å². The molecule has 0 saturated heterocycles. The number of oxazole rings is 1. The van der Waals surface area contributed by atoms with Crippen molar-refractivity contribution >= 4 is 28.4 Å². The summed E-state index contributed by atoms with van der Waals surface area (Å²) < 4.78 is 5.86. The first kappa shape index (κ1) is 16.8. The smallest absolute Gasteiger partial charge is 0.255 e. The summed E-state index contributed by atoms with van der Waals surface area (Å²) in [5, 5.41) is 2.91. The summed E-state index contributed by atoms with van der Waals surface area (Å²) in [6.07, 6.45) is 0. The fourth-order valence-corrected chi connectivity index (χ4v) is 2.82. The molecule has 0 aliphatic rings. The third kappa shape index (κ3) is 3.53. The molecule has 0 atom stereocenters. The van der Waals surface area contributed by atoms with Gasteiger partial charge in [0, 0.05) is 42.7 Å². The van der Waals surface area contributed by atoms with Crippen LogP contribution in [0.3, 0.4) is 0 Å². The molecule has 0 unspecified atom stereocenters. The molecule has 0 radical (unpaired) electrons. The Labute approximate surface area is 157 Å². The molecule has 4 aromatic rings. The van der Waals surface area contributed by atoms with Crippen molar-refractivity contribution in [3.8, 4) is 11.5 Å². The summed E-state index contributed by atoms with van der Waals surface area (Å²) in [5.74, 6) is 0.399. The Morgan fingerprint density at radius 2 is 1.70 bits per heavy atom. The first-order valence-corrected chi connectivity index (χ1v) is 8.65. The maximum atomic E-state index is 12.5. The molecule has 1 amide bonds. The van der Waals surface area contributed by atoms with Crippen molar-refractivity contribution in [1.82, 2.24) is 4.98 Å². The van der Waals surface area contributed by atoms with Gasteiger partial charge in [0.15, 0.2) is 5.58 Å². The highest BCUT2D eigenvalue weighted by Gasteiger charge is 2.11. The standard InChI is InChI=1S/C22H19N3O2/c1-25(2)18-11-8-15(9-12-18)21(26)23-17-10-13-19-20(14-17)27-22(24-19)16-6-4-3-5-7-16/h3-14H,1-2H3,(H,23,26). The number of carbonyl (C=O) groups is 1. The molecule has 0 fully saturated rings. The molecule has 1 heterocycles. The van der Waals surface area contributed by atoms with E-state index in [-0.39, 0.29) is 5.91 Å². The molecule has 1 aromatic heterocycles. The van der Waals surface area contributed by atoms with Gasteiger partial charge in [-0.25, -0.2) is 4.98 Å². The lowest BCUT2D eigenvalue weighted by molar-refractivity contribution is 0.102. The molecule has 3 aromatic carbocycles. The van der Waals surface area contributed by atoms with E-state index in [1.165, 1.54) is 0 Å². The van der Waals surface area contributed by atoms with Crippen molar-refractivity contribution in [1.29, 1.82) is 0 Å². The van der Waals surface area contributed by atoms with Crippen molar-refractivity contribution < 1.29 is 9.21 Å². The zero-order valence-electron chi connectivity index (χ0n) is 15.1. The van der Waals surface area contributed by atoms with Crippen LogP contribution >= 0.6 is 0 Å². The summed E-state index contributed by atoms with van der Waals surface area (Å²) in [6, 6.07) is 22.6. The van der Waals surface area contributed by atoms with Gasteiger partial charge in [0.2, 0.25) is 5.89 Å². The number of rotatable bonds is 4. The summed E-state index contributed by atoms with van der Waals surface area (Å²) in [5.41, 5.74) is 4.61. The molecular formula is C22H19N3O2. The Balaban J connectivity index is 1.56. The van der Waals surface area contributed by atoms with Gasteiger partial charge in [-0.1, -0.05) is 18.2 Å².